The highest BCUT2D eigenvalue weighted by Gasteiger charge is 2.23. The standard InChI is InChI=1S/C35H35FN4O5/c1-44-31-15-5-26(6-16-31)34(42)39-21-19-38(20-22-39)30-13-11-29(12-14-30)37-33(41)24-40(23-25-3-9-28(36)10-4-25)35(43)27-7-17-32(45-2)18-8-27/h3-18H,19-24H2,1-2H3,(H,37,41). The fourth-order valence-corrected chi connectivity index (χ4v) is 5.14. The lowest BCUT2D eigenvalue weighted by Crippen LogP contribution is -2.48. The van der Waals surface area contributed by atoms with Crippen molar-refractivity contribution in [2.75, 3.05) is 57.2 Å². The first-order valence-corrected chi connectivity index (χ1v) is 14.6. The summed E-state index contributed by atoms with van der Waals surface area (Å²) < 4.78 is 23.8. The zero-order valence-electron chi connectivity index (χ0n) is 25.2. The molecule has 3 amide bonds. The van der Waals surface area contributed by atoms with E-state index in [1.807, 2.05) is 29.2 Å². The van der Waals surface area contributed by atoms with Gasteiger partial charge in [-0.15, -0.1) is 0 Å². The van der Waals surface area contributed by atoms with Crippen LogP contribution in [0.1, 0.15) is 26.3 Å². The third-order valence-electron chi connectivity index (χ3n) is 7.67. The second-order valence-electron chi connectivity index (χ2n) is 10.6. The first-order valence-electron chi connectivity index (χ1n) is 14.6. The van der Waals surface area contributed by atoms with E-state index < -0.39 is 0 Å². The maximum absolute atomic E-state index is 13.5. The van der Waals surface area contributed by atoms with Crippen LogP contribution in [0, 0.1) is 5.82 Å². The molecule has 10 heteroatoms. The van der Waals surface area contributed by atoms with E-state index in [1.54, 1.807) is 74.9 Å². The van der Waals surface area contributed by atoms with E-state index in [1.165, 1.54) is 17.0 Å². The molecule has 4 aromatic rings. The van der Waals surface area contributed by atoms with Crippen LogP contribution in [-0.4, -0.2) is 74.5 Å². The number of methoxy groups -OCH3 is 2. The highest BCUT2D eigenvalue weighted by atomic mass is 19.1. The Morgan fingerprint density at radius 2 is 1.29 bits per heavy atom. The molecule has 1 N–H and O–H groups in total. The molecule has 0 radical (unpaired) electrons. The molecular weight excluding hydrogens is 575 g/mol. The van der Waals surface area contributed by atoms with Crippen molar-refractivity contribution in [1.82, 2.24) is 9.80 Å². The normalized spacial score (nSPS) is 12.8. The molecule has 5 rings (SSSR count). The average Bonchev–Trinajstić information content (AvgIpc) is 3.09. The summed E-state index contributed by atoms with van der Waals surface area (Å²) in [7, 11) is 3.14. The molecule has 1 saturated heterocycles. The lowest BCUT2D eigenvalue weighted by molar-refractivity contribution is -0.117. The first-order chi connectivity index (χ1) is 21.8. The number of hydrogen-bond donors (Lipinski definition) is 1. The largest absolute Gasteiger partial charge is 0.497 e. The summed E-state index contributed by atoms with van der Waals surface area (Å²) in [4.78, 5) is 44.9. The van der Waals surface area contributed by atoms with E-state index >= 15 is 0 Å². The number of anilines is 2. The molecule has 0 spiro atoms. The summed E-state index contributed by atoms with van der Waals surface area (Å²) in [6, 6.07) is 27.1. The number of piperazine rings is 1. The number of benzene rings is 4. The van der Waals surface area contributed by atoms with Gasteiger partial charge in [-0.05, 0) is 90.5 Å². The van der Waals surface area contributed by atoms with Crippen molar-refractivity contribution in [3.05, 3.63) is 120 Å². The van der Waals surface area contributed by atoms with Crippen LogP contribution in [-0.2, 0) is 11.3 Å². The molecule has 0 unspecified atom stereocenters. The molecule has 4 aromatic carbocycles. The van der Waals surface area contributed by atoms with E-state index in [0.29, 0.717) is 60.1 Å². The predicted octanol–water partition coefficient (Wildman–Crippen LogP) is 5.09. The van der Waals surface area contributed by atoms with Crippen molar-refractivity contribution in [3.63, 3.8) is 0 Å². The van der Waals surface area contributed by atoms with Crippen LogP contribution < -0.4 is 19.7 Å². The summed E-state index contributed by atoms with van der Waals surface area (Å²) in [6.07, 6.45) is 0. The Bertz CT molecular complexity index is 1600. The minimum atomic E-state index is -0.378. The second-order valence-corrected chi connectivity index (χ2v) is 10.6. The molecule has 0 aromatic heterocycles. The van der Waals surface area contributed by atoms with Gasteiger partial charge in [-0.25, -0.2) is 4.39 Å². The number of nitrogens with one attached hydrogen (secondary N) is 1. The Hall–Kier alpha value is -5.38. The Kier molecular flexibility index (Phi) is 9.93. The molecule has 1 heterocycles. The Morgan fingerprint density at radius 3 is 1.84 bits per heavy atom. The van der Waals surface area contributed by atoms with Crippen LogP contribution in [0.25, 0.3) is 0 Å². The third-order valence-corrected chi connectivity index (χ3v) is 7.67. The van der Waals surface area contributed by atoms with Crippen LogP contribution in [0.15, 0.2) is 97.1 Å². The molecule has 0 atom stereocenters. The van der Waals surface area contributed by atoms with Crippen molar-refractivity contribution in [1.29, 1.82) is 0 Å². The van der Waals surface area contributed by atoms with Crippen LogP contribution in [0.5, 0.6) is 11.5 Å². The van der Waals surface area contributed by atoms with Gasteiger partial charge in [0.1, 0.15) is 23.9 Å². The number of carbonyl (C=O) groups excluding carboxylic acids is 3. The van der Waals surface area contributed by atoms with Gasteiger partial charge in [-0.3, -0.25) is 14.4 Å². The molecule has 232 valence electrons. The number of halogens is 1. The summed E-state index contributed by atoms with van der Waals surface area (Å²) in [5.41, 5.74) is 3.31. The van der Waals surface area contributed by atoms with Crippen LogP contribution in [0.4, 0.5) is 15.8 Å². The molecular formula is C35H35FN4O5. The fraction of sp³-hybridized carbons (Fsp3) is 0.229. The lowest BCUT2D eigenvalue weighted by atomic mass is 10.1. The lowest BCUT2D eigenvalue weighted by Gasteiger charge is -2.36. The highest BCUT2D eigenvalue weighted by Crippen LogP contribution is 2.22. The monoisotopic (exact) mass is 610 g/mol. The number of amides is 3. The van der Waals surface area contributed by atoms with Crippen molar-refractivity contribution in [2.45, 2.75) is 6.54 Å². The number of carbonyl (C=O) groups is 3. The summed E-state index contributed by atoms with van der Waals surface area (Å²) in [5, 5.41) is 2.88. The summed E-state index contributed by atoms with van der Waals surface area (Å²) in [5.74, 6) is 0.239. The summed E-state index contributed by atoms with van der Waals surface area (Å²) in [6.45, 7) is 2.47. The highest BCUT2D eigenvalue weighted by molar-refractivity contribution is 5.99. The Morgan fingerprint density at radius 1 is 0.733 bits per heavy atom. The molecule has 1 aliphatic rings. The van der Waals surface area contributed by atoms with Gasteiger partial charge in [0.2, 0.25) is 5.91 Å². The van der Waals surface area contributed by atoms with Crippen molar-refractivity contribution in [2.24, 2.45) is 0 Å². The van der Waals surface area contributed by atoms with E-state index in [0.717, 1.165) is 5.69 Å². The predicted molar refractivity (Wildman–Crippen MR) is 170 cm³/mol. The molecule has 45 heavy (non-hydrogen) atoms. The number of nitrogens with zero attached hydrogens (tertiary/aromatic N) is 3. The van der Waals surface area contributed by atoms with Crippen LogP contribution >= 0.6 is 0 Å². The molecule has 0 saturated carbocycles. The Labute approximate surface area is 261 Å². The second kappa shape index (κ2) is 14.4. The van der Waals surface area contributed by atoms with Crippen LogP contribution in [0.3, 0.4) is 0 Å². The molecule has 0 bridgehead atoms. The van der Waals surface area contributed by atoms with Gasteiger partial charge in [-0.1, -0.05) is 12.1 Å². The number of rotatable bonds is 10. The molecule has 1 fully saturated rings. The smallest absolute Gasteiger partial charge is 0.254 e. The van der Waals surface area contributed by atoms with Gasteiger partial charge in [0.25, 0.3) is 11.8 Å². The van der Waals surface area contributed by atoms with Gasteiger partial charge in [-0.2, -0.15) is 0 Å². The number of hydrogen-bond acceptors (Lipinski definition) is 6. The van der Waals surface area contributed by atoms with Crippen LogP contribution in [0.2, 0.25) is 0 Å². The van der Waals surface area contributed by atoms with Gasteiger partial charge >= 0.3 is 0 Å². The Balaban J connectivity index is 1.18. The molecule has 9 nitrogen and oxygen atoms in total. The van der Waals surface area contributed by atoms with Crippen molar-refractivity contribution < 1.29 is 28.2 Å². The van der Waals surface area contributed by atoms with E-state index in [2.05, 4.69) is 10.2 Å². The zero-order chi connectivity index (χ0) is 31.8. The van der Waals surface area contributed by atoms with Gasteiger partial charge < -0.3 is 29.5 Å². The van der Waals surface area contributed by atoms with Gasteiger partial charge in [0.05, 0.1) is 14.2 Å². The average molecular weight is 611 g/mol. The fourth-order valence-electron chi connectivity index (χ4n) is 5.14. The minimum Gasteiger partial charge on any atom is -0.497 e. The summed E-state index contributed by atoms with van der Waals surface area (Å²) >= 11 is 0. The molecule has 1 aliphatic heterocycles. The quantitative estimate of drug-likeness (QED) is 0.269. The first kappa shape index (κ1) is 31.1. The number of ether oxygens (including phenoxy) is 2. The van der Waals surface area contributed by atoms with Gasteiger partial charge in [0, 0.05) is 55.2 Å². The third kappa shape index (κ3) is 7.97. The topological polar surface area (TPSA) is 91.4 Å². The van der Waals surface area contributed by atoms with Crippen molar-refractivity contribution >= 4 is 29.1 Å². The maximum Gasteiger partial charge on any atom is 0.254 e. The van der Waals surface area contributed by atoms with E-state index in [-0.39, 0.29) is 36.6 Å². The SMILES string of the molecule is COc1ccc(C(=O)N2CCN(c3ccc(NC(=O)CN(Cc4ccc(F)cc4)C(=O)c4ccc(OC)cc4)cc3)CC2)cc1. The zero-order valence-corrected chi connectivity index (χ0v) is 25.2. The van der Waals surface area contributed by atoms with E-state index in [9.17, 15) is 18.8 Å². The molecule has 0 aliphatic carbocycles. The van der Waals surface area contributed by atoms with Crippen molar-refractivity contribution in [3.8, 4) is 11.5 Å². The van der Waals surface area contributed by atoms with E-state index in [4.69, 9.17) is 9.47 Å². The maximum atomic E-state index is 13.5. The van der Waals surface area contributed by atoms with Gasteiger partial charge in [0.15, 0.2) is 0 Å². The minimum absolute atomic E-state index is 0.00527.